The van der Waals surface area contributed by atoms with E-state index in [2.05, 4.69) is 15.3 Å². The fraction of sp³-hybridized carbons (Fsp3) is 0.273. The lowest BCUT2D eigenvalue weighted by atomic mass is 10.0. The highest BCUT2D eigenvalue weighted by molar-refractivity contribution is 7.15. The Morgan fingerprint density at radius 1 is 1.19 bits per heavy atom. The highest BCUT2D eigenvalue weighted by Gasteiger charge is 2.35. The first kappa shape index (κ1) is 19.9. The largest absolute Gasteiger partial charge is 0.349 e. The summed E-state index contributed by atoms with van der Waals surface area (Å²) in [6.45, 7) is 4.83. The van der Waals surface area contributed by atoms with Gasteiger partial charge in [-0.3, -0.25) is 14.0 Å². The van der Waals surface area contributed by atoms with Gasteiger partial charge in [-0.05, 0) is 25.8 Å². The molecule has 0 saturated carbocycles. The van der Waals surface area contributed by atoms with Crippen LogP contribution in [0.15, 0.2) is 41.9 Å². The molecule has 4 aromatic rings. The van der Waals surface area contributed by atoms with Crippen molar-refractivity contribution in [1.29, 1.82) is 0 Å². The second kappa shape index (κ2) is 7.90. The molecule has 158 valence electrons. The first-order valence-corrected chi connectivity index (χ1v) is 11.8. The second-order valence-electron chi connectivity index (χ2n) is 7.53. The number of nitrogens with zero attached hydrogens (tertiary/aromatic N) is 4. The number of thiazole rings is 2. The van der Waals surface area contributed by atoms with Gasteiger partial charge in [-0.15, -0.1) is 22.7 Å². The molecule has 0 aliphatic carbocycles. The van der Waals surface area contributed by atoms with Crippen LogP contribution >= 0.6 is 22.7 Å². The topological polar surface area (TPSA) is 79.6 Å². The molecule has 1 fully saturated rings. The van der Waals surface area contributed by atoms with Gasteiger partial charge in [0.25, 0.3) is 11.8 Å². The average Bonchev–Trinajstić information content (AvgIpc) is 3.41. The summed E-state index contributed by atoms with van der Waals surface area (Å²) in [7, 11) is 0. The zero-order valence-corrected chi connectivity index (χ0v) is 18.8. The molecule has 9 heteroatoms. The third-order valence-corrected chi connectivity index (χ3v) is 7.30. The number of hydrogen-bond donors (Lipinski definition) is 1. The Labute approximate surface area is 187 Å². The van der Waals surface area contributed by atoms with E-state index in [-0.39, 0.29) is 17.9 Å². The van der Waals surface area contributed by atoms with Crippen molar-refractivity contribution < 1.29 is 9.59 Å². The Morgan fingerprint density at radius 2 is 2.00 bits per heavy atom. The Kier molecular flexibility index (Phi) is 5.07. The molecule has 3 aromatic heterocycles. The summed E-state index contributed by atoms with van der Waals surface area (Å²) >= 11 is 3.03. The third kappa shape index (κ3) is 3.53. The summed E-state index contributed by atoms with van der Waals surface area (Å²) in [6.07, 6.45) is 2.71. The molecule has 1 saturated heterocycles. The van der Waals surface area contributed by atoms with E-state index in [4.69, 9.17) is 0 Å². The van der Waals surface area contributed by atoms with Crippen LogP contribution in [0, 0.1) is 13.8 Å². The fourth-order valence-corrected chi connectivity index (χ4v) is 5.55. The van der Waals surface area contributed by atoms with Crippen LogP contribution in [0.25, 0.3) is 15.4 Å². The normalized spacial score (nSPS) is 15.8. The number of rotatable bonds is 5. The molecule has 1 atom stereocenters. The van der Waals surface area contributed by atoms with Crippen molar-refractivity contribution in [3.05, 3.63) is 64.0 Å². The van der Waals surface area contributed by atoms with Crippen molar-refractivity contribution in [3.63, 3.8) is 0 Å². The number of carbonyl (C=O) groups is 2. The second-order valence-corrected chi connectivity index (χ2v) is 9.61. The van der Waals surface area contributed by atoms with Crippen LogP contribution in [0.3, 0.4) is 0 Å². The van der Waals surface area contributed by atoms with Gasteiger partial charge in [-0.25, -0.2) is 9.97 Å². The molecule has 0 spiro atoms. The number of imidazole rings is 1. The minimum Gasteiger partial charge on any atom is -0.349 e. The van der Waals surface area contributed by atoms with Crippen LogP contribution < -0.4 is 5.32 Å². The van der Waals surface area contributed by atoms with E-state index in [9.17, 15) is 9.59 Å². The first-order chi connectivity index (χ1) is 15.0. The van der Waals surface area contributed by atoms with Crippen molar-refractivity contribution in [3.8, 4) is 10.4 Å². The van der Waals surface area contributed by atoms with Crippen molar-refractivity contribution in [2.24, 2.45) is 0 Å². The molecule has 1 aromatic carbocycles. The van der Waals surface area contributed by atoms with Gasteiger partial charge >= 0.3 is 0 Å². The molecule has 0 radical (unpaired) electrons. The smallest absolute Gasteiger partial charge is 0.274 e. The van der Waals surface area contributed by atoms with Crippen molar-refractivity contribution >= 4 is 39.4 Å². The summed E-state index contributed by atoms with van der Waals surface area (Å²) < 4.78 is 1.81. The number of likely N-dealkylation sites (tertiary alicyclic amines) is 1. The minimum atomic E-state index is -0.169. The number of aryl methyl sites for hydroxylation is 2. The quantitative estimate of drug-likeness (QED) is 0.501. The molecule has 1 aliphatic heterocycles. The standard InChI is InChI=1S/C22H21N5O2S2/c1-13-18(27-10-11-30-22(27)24-13)20(28)23-12-16-8-9-26(16)21(29)17-19(31-14(2)25-17)15-6-4-3-5-7-15/h3-7,10-11,16H,8-9,12H2,1-2H3,(H,23,28)/t16-/m1/s1. The fourth-order valence-electron chi connectivity index (χ4n) is 3.88. The third-order valence-electron chi connectivity index (χ3n) is 5.53. The van der Waals surface area contributed by atoms with Gasteiger partial charge in [0.1, 0.15) is 11.4 Å². The van der Waals surface area contributed by atoms with Gasteiger partial charge in [0.05, 0.1) is 21.6 Å². The molecule has 31 heavy (non-hydrogen) atoms. The number of benzene rings is 1. The van der Waals surface area contributed by atoms with E-state index in [1.807, 2.05) is 65.1 Å². The van der Waals surface area contributed by atoms with Crippen LogP contribution in [-0.4, -0.2) is 50.2 Å². The molecular formula is C22H21N5O2S2. The first-order valence-electron chi connectivity index (χ1n) is 10.1. The van der Waals surface area contributed by atoms with Gasteiger partial charge < -0.3 is 10.2 Å². The summed E-state index contributed by atoms with van der Waals surface area (Å²) in [4.78, 5) is 38.5. The van der Waals surface area contributed by atoms with Crippen molar-refractivity contribution in [1.82, 2.24) is 24.6 Å². The Morgan fingerprint density at radius 3 is 2.74 bits per heavy atom. The molecule has 4 heterocycles. The van der Waals surface area contributed by atoms with Gasteiger partial charge in [0.15, 0.2) is 4.96 Å². The Hall–Kier alpha value is -3.04. The predicted octanol–water partition coefficient (Wildman–Crippen LogP) is 3.78. The number of hydrogen-bond acceptors (Lipinski definition) is 6. The minimum absolute atomic E-state index is 0.0340. The summed E-state index contributed by atoms with van der Waals surface area (Å²) in [6, 6.07) is 9.84. The van der Waals surface area contributed by atoms with Crippen LogP contribution in [0.1, 0.15) is 38.1 Å². The summed E-state index contributed by atoms with van der Waals surface area (Å²) in [5.41, 5.74) is 2.75. The maximum Gasteiger partial charge on any atom is 0.274 e. The number of nitrogens with one attached hydrogen (secondary N) is 1. The van der Waals surface area contributed by atoms with Gasteiger partial charge in [0, 0.05) is 24.7 Å². The van der Waals surface area contributed by atoms with E-state index < -0.39 is 0 Å². The van der Waals surface area contributed by atoms with Gasteiger partial charge in [-0.1, -0.05) is 30.3 Å². The van der Waals surface area contributed by atoms with Crippen LogP contribution in [0.4, 0.5) is 0 Å². The molecule has 0 bridgehead atoms. The van der Waals surface area contributed by atoms with Crippen molar-refractivity contribution in [2.45, 2.75) is 26.3 Å². The Bertz CT molecular complexity index is 1270. The zero-order chi connectivity index (χ0) is 21.5. The van der Waals surface area contributed by atoms with Gasteiger partial charge in [0.2, 0.25) is 0 Å². The predicted molar refractivity (Wildman–Crippen MR) is 122 cm³/mol. The lowest BCUT2D eigenvalue weighted by Gasteiger charge is -2.40. The van der Waals surface area contributed by atoms with E-state index in [1.165, 1.54) is 22.7 Å². The monoisotopic (exact) mass is 451 g/mol. The highest BCUT2D eigenvalue weighted by Crippen LogP contribution is 2.32. The maximum absolute atomic E-state index is 13.3. The average molecular weight is 452 g/mol. The number of fused-ring (bicyclic) bond motifs is 1. The molecule has 5 rings (SSSR count). The number of carbonyl (C=O) groups excluding carboxylic acids is 2. The summed E-state index contributed by atoms with van der Waals surface area (Å²) in [5.74, 6) is -0.244. The molecule has 1 N–H and O–H groups in total. The Balaban J connectivity index is 1.30. The van der Waals surface area contributed by atoms with E-state index in [1.54, 1.807) is 0 Å². The molecule has 7 nitrogen and oxygen atoms in total. The van der Waals surface area contributed by atoms with Crippen LogP contribution in [0.2, 0.25) is 0 Å². The molecule has 0 unspecified atom stereocenters. The maximum atomic E-state index is 13.3. The van der Waals surface area contributed by atoms with Crippen LogP contribution in [-0.2, 0) is 0 Å². The van der Waals surface area contributed by atoms with E-state index >= 15 is 0 Å². The number of aromatic nitrogens is 3. The summed E-state index contributed by atoms with van der Waals surface area (Å²) in [5, 5.41) is 5.76. The molecule has 1 aliphatic rings. The number of amides is 2. The lowest BCUT2D eigenvalue weighted by molar-refractivity contribution is 0.0451. The SMILES string of the molecule is Cc1nc(C(=O)N2CC[C@@H]2CNC(=O)c2c(C)nc3sccn23)c(-c2ccccc2)s1. The van der Waals surface area contributed by atoms with E-state index in [0.717, 1.165) is 26.8 Å². The lowest BCUT2D eigenvalue weighted by Crippen LogP contribution is -2.56. The van der Waals surface area contributed by atoms with E-state index in [0.29, 0.717) is 30.2 Å². The molecular weight excluding hydrogens is 430 g/mol. The zero-order valence-electron chi connectivity index (χ0n) is 17.2. The van der Waals surface area contributed by atoms with Crippen molar-refractivity contribution in [2.75, 3.05) is 13.1 Å². The van der Waals surface area contributed by atoms with Crippen LogP contribution in [0.5, 0.6) is 0 Å². The molecule has 2 amide bonds. The van der Waals surface area contributed by atoms with Gasteiger partial charge in [-0.2, -0.15) is 0 Å². The highest BCUT2D eigenvalue weighted by atomic mass is 32.1.